The average molecular weight is 167 g/mol. The Morgan fingerprint density at radius 2 is 2.33 bits per heavy atom. The smallest absolute Gasteiger partial charge is 0.344 e. The third kappa shape index (κ3) is 3.68. The summed E-state index contributed by atoms with van der Waals surface area (Å²) in [4.78, 5) is 15.3. The second-order valence-electron chi connectivity index (χ2n) is 2.55. The Kier molecular flexibility index (Phi) is 4.65. The van der Waals surface area contributed by atoms with Gasteiger partial charge in [0.05, 0.1) is 0 Å². The zero-order valence-corrected chi connectivity index (χ0v) is 7.45. The highest BCUT2D eigenvalue weighted by Gasteiger charge is 2.11. The van der Waals surface area contributed by atoms with E-state index in [2.05, 4.69) is 11.4 Å². The van der Waals surface area contributed by atoms with Gasteiger partial charge in [-0.1, -0.05) is 12.2 Å². The molecule has 0 aromatic heterocycles. The van der Waals surface area contributed by atoms with Gasteiger partial charge >= 0.3 is 12.1 Å². The second-order valence-corrected chi connectivity index (χ2v) is 2.55. The summed E-state index contributed by atoms with van der Waals surface area (Å²) in [6.45, 7) is 8.46. The monoisotopic (exact) mass is 167 g/mol. The van der Waals surface area contributed by atoms with Crippen molar-refractivity contribution in [2.24, 2.45) is 0 Å². The van der Waals surface area contributed by atoms with Crippen molar-refractivity contribution in [3.8, 4) is 0 Å². The minimum absolute atomic E-state index is 0.303. The lowest BCUT2D eigenvalue weighted by Crippen LogP contribution is -2.33. The van der Waals surface area contributed by atoms with E-state index in [0.29, 0.717) is 13.1 Å². The minimum atomic E-state index is -0.303. The predicted molar refractivity (Wildman–Crippen MR) is 46.8 cm³/mol. The lowest BCUT2D eigenvalue weighted by Gasteiger charge is -2.16. The first kappa shape index (κ1) is 10.6. The summed E-state index contributed by atoms with van der Waals surface area (Å²) < 4.78 is 0. The Bertz CT molecular complexity index is 228. The quantitative estimate of drug-likeness (QED) is 0.263. The fourth-order valence-electron chi connectivity index (χ4n) is 0.802. The van der Waals surface area contributed by atoms with Crippen molar-refractivity contribution in [2.75, 3.05) is 13.1 Å². The Hall–Kier alpha value is -1.41. The molecule has 0 fully saturated rings. The van der Waals surface area contributed by atoms with Crippen LogP contribution in [0.4, 0.5) is 0 Å². The van der Waals surface area contributed by atoms with Crippen LogP contribution in [0.2, 0.25) is 0 Å². The molecule has 66 valence electrons. The molecule has 0 N–H and O–H groups in total. The molecule has 4 nitrogen and oxygen atoms in total. The van der Waals surface area contributed by atoms with E-state index in [0.717, 1.165) is 11.8 Å². The number of nitrogens with zero attached hydrogens (tertiary/aromatic N) is 3. The summed E-state index contributed by atoms with van der Waals surface area (Å²) in [5.74, 6) is -0.303. The molecular weight excluding hydrogens is 154 g/mol. The summed E-state index contributed by atoms with van der Waals surface area (Å²) in [5.41, 5.74) is 9.01. The molecule has 0 aliphatic carbocycles. The van der Waals surface area contributed by atoms with Gasteiger partial charge in [0, 0.05) is 13.1 Å². The summed E-state index contributed by atoms with van der Waals surface area (Å²) >= 11 is 0. The SMILES string of the molecule is C=C(C)CN(CC)C(=O)C=[N+]=[N-]. The van der Waals surface area contributed by atoms with Crippen molar-refractivity contribution in [3.63, 3.8) is 0 Å². The molecule has 0 atom stereocenters. The van der Waals surface area contributed by atoms with Gasteiger partial charge in [-0.3, -0.25) is 4.79 Å². The number of hydrogen-bond donors (Lipinski definition) is 0. The van der Waals surface area contributed by atoms with Crippen LogP contribution >= 0.6 is 0 Å². The second kappa shape index (κ2) is 5.27. The normalized spacial score (nSPS) is 8.50. The molecule has 0 saturated heterocycles. The van der Waals surface area contributed by atoms with Gasteiger partial charge in [0.2, 0.25) is 0 Å². The molecule has 0 heterocycles. The van der Waals surface area contributed by atoms with Crippen molar-refractivity contribution in [1.82, 2.24) is 4.90 Å². The highest BCUT2D eigenvalue weighted by molar-refractivity contribution is 6.23. The molecule has 1 amide bonds. The van der Waals surface area contributed by atoms with Crippen LogP contribution in [0.5, 0.6) is 0 Å². The van der Waals surface area contributed by atoms with Crippen LogP contribution in [0, 0.1) is 0 Å². The molecule has 0 unspecified atom stereocenters. The number of rotatable bonds is 4. The molecule has 0 spiro atoms. The maximum Gasteiger partial charge on any atom is 0.344 e. The molecule has 0 aromatic rings. The van der Waals surface area contributed by atoms with Gasteiger partial charge in [0.25, 0.3) is 0 Å². The zero-order valence-electron chi connectivity index (χ0n) is 7.45. The van der Waals surface area contributed by atoms with Crippen molar-refractivity contribution >= 4 is 12.1 Å². The first-order valence-electron chi connectivity index (χ1n) is 3.72. The van der Waals surface area contributed by atoms with E-state index in [9.17, 15) is 4.79 Å². The Morgan fingerprint density at radius 1 is 1.75 bits per heavy atom. The highest BCUT2D eigenvalue weighted by Crippen LogP contribution is 1.94. The molecule has 0 rings (SSSR count). The maximum absolute atomic E-state index is 11.1. The van der Waals surface area contributed by atoms with E-state index in [4.69, 9.17) is 5.53 Å². The fraction of sp³-hybridized carbons (Fsp3) is 0.500. The average Bonchev–Trinajstić information content (AvgIpc) is 2.00. The molecule has 4 heteroatoms. The molecule has 0 saturated carbocycles. The van der Waals surface area contributed by atoms with Crippen LogP contribution in [0.1, 0.15) is 13.8 Å². The highest BCUT2D eigenvalue weighted by atomic mass is 16.2. The van der Waals surface area contributed by atoms with E-state index in [1.807, 2.05) is 13.8 Å². The van der Waals surface area contributed by atoms with Crippen molar-refractivity contribution in [2.45, 2.75) is 13.8 Å². The van der Waals surface area contributed by atoms with Crippen LogP contribution in [-0.4, -0.2) is 34.9 Å². The van der Waals surface area contributed by atoms with E-state index in [-0.39, 0.29) is 5.91 Å². The first-order valence-corrected chi connectivity index (χ1v) is 3.72. The predicted octanol–water partition coefficient (Wildman–Crippen LogP) is 0.712. The van der Waals surface area contributed by atoms with Crippen LogP contribution in [-0.2, 0) is 4.79 Å². The topological polar surface area (TPSA) is 56.7 Å². The van der Waals surface area contributed by atoms with E-state index < -0.39 is 0 Å². The minimum Gasteiger partial charge on any atom is -0.361 e. The van der Waals surface area contributed by atoms with Crippen LogP contribution in [0.3, 0.4) is 0 Å². The molecule has 0 aromatic carbocycles. The molecular formula is C8H13N3O. The number of hydrogen-bond acceptors (Lipinski definition) is 1. The lowest BCUT2D eigenvalue weighted by molar-refractivity contribution is -0.126. The standard InChI is InChI=1S/C8H13N3O/c1-4-11(6-7(2)3)8(12)5-10-9/h5H,2,4,6H2,1,3H3. The summed E-state index contributed by atoms with van der Waals surface area (Å²) in [7, 11) is 0. The van der Waals surface area contributed by atoms with Gasteiger partial charge in [0.1, 0.15) is 0 Å². The number of amides is 1. The fourth-order valence-corrected chi connectivity index (χ4v) is 0.802. The Balaban J connectivity index is 4.23. The molecule has 0 aliphatic rings. The summed E-state index contributed by atoms with van der Waals surface area (Å²) in [6, 6.07) is 0. The Morgan fingerprint density at radius 3 is 2.67 bits per heavy atom. The number of carbonyl (C=O) groups is 1. The lowest BCUT2D eigenvalue weighted by atomic mass is 10.3. The van der Waals surface area contributed by atoms with Gasteiger partial charge in [-0.15, -0.1) is 0 Å². The number of likely N-dealkylation sites (N-methyl/N-ethyl adjacent to an activating group) is 1. The van der Waals surface area contributed by atoms with E-state index >= 15 is 0 Å². The van der Waals surface area contributed by atoms with Crippen molar-refractivity contribution < 1.29 is 9.58 Å². The third-order valence-electron chi connectivity index (χ3n) is 1.32. The van der Waals surface area contributed by atoms with Crippen LogP contribution < -0.4 is 0 Å². The molecule has 0 aliphatic heterocycles. The molecule has 0 bridgehead atoms. The zero-order chi connectivity index (χ0) is 9.56. The van der Waals surface area contributed by atoms with Gasteiger partial charge < -0.3 is 10.4 Å². The van der Waals surface area contributed by atoms with Gasteiger partial charge in [-0.05, 0) is 13.8 Å². The largest absolute Gasteiger partial charge is 0.361 e. The van der Waals surface area contributed by atoms with Crippen molar-refractivity contribution in [1.29, 1.82) is 0 Å². The summed E-state index contributed by atoms with van der Waals surface area (Å²) in [5, 5.41) is 0. The van der Waals surface area contributed by atoms with E-state index in [1.54, 1.807) is 0 Å². The first-order chi connectivity index (χ1) is 5.61. The van der Waals surface area contributed by atoms with Crippen LogP contribution in [0.15, 0.2) is 12.2 Å². The molecule has 12 heavy (non-hydrogen) atoms. The maximum atomic E-state index is 11.1. The van der Waals surface area contributed by atoms with Crippen molar-refractivity contribution in [3.05, 3.63) is 17.7 Å². The van der Waals surface area contributed by atoms with Gasteiger partial charge in [-0.2, -0.15) is 4.79 Å². The number of carbonyl (C=O) groups excluding carboxylic acids is 1. The summed E-state index contributed by atoms with van der Waals surface area (Å²) in [6.07, 6.45) is 0.881. The third-order valence-corrected chi connectivity index (χ3v) is 1.32. The van der Waals surface area contributed by atoms with Crippen LogP contribution in [0.25, 0.3) is 5.53 Å². The van der Waals surface area contributed by atoms with Gasteiger partial charge in [-0.25, -0.2) is 0 Å². The van der Waals surface area contributed by atoms with E-state index in [1.165, 1.54) is 4.90 Å². The molecule has 0 radical (unpaired) electrons. The van der Waals surface area contributed by atoms with Gasteiger partial charge in [0.15, 0.2) is 0 Å². The Labute approximate surface area is 72.1 Å².